The lowest BCUT2D eigenvalue weighted by Crippen LogP contribution is -2.02. The molecule has 0 saturated heterocycles. The number of aromatic nitrogens is 2. The number of hydrogen-bond acceptors (Lipinski definition) is 4. The highest BCUT2D eigenvalue weighted by Crippen LogP contribution is 2.33. The highest BCUT2D eigenvalue weighted by molar-refractivity contribution is 7.98. The van der Waals surface area contributed by atoms with E-state index < -0.39 is 4.92 Å². The summed E-state index contributed by atoms with van der Waals surface area (Å²) in [7, 11) is 0. The number of nitro groups is 1. The molecule has 0 bridgehead atoms. The molecule has 0 aliphatic rings. The fourth-order valence-corrected chi connectivity index (χ4v) is 4.14. The molecule has 0 amide bonds. The van der Waals surface area contributed by atoms with E-state index in [4.69, 9.17) is 0 Å². The van der Waals surface area contributed by atoms with E-state index in [1.807, 2.05) is 41.8 Å². The quantitative estimate of drug-likeness (QED) is 0.212. The van der Waals surface area contributed by atoms with Crippen molar-refractivity contribution < 1.29 is 9.31 Å². The van der Waals surface area contributed by atoms with E-state index >= 15 is 0 Å². The second kappa shape index (κ2) is 8.51. The number of imidazole rings is 1. The van der Waals surface area contributed by atoms with Crippen molar-refractivity contribution in [3.63, 3.8) is 0 Å². The molecule has 0 spiro atoms. The maximum Gasteiger partial charge on any atom is 0.270 e. The lowest BCUT2D eigenvalue weighted by molar-refractivity contribution is -0.384. The Morgan fingerprint density at radius 2 is 1.83 bits per heavy atom. The van der Waals surface area contributed by atoms with Crippen molar-refractivity contribution in [2.24, 2.45) is 0 Å². The van der Waals surface area contributed by atoms with Crippen LogP contribution in [0, 0.1) is 22.9 Å². The van der Waals surface area contributed by atoms with Gasteiger partial charge in [-0.15, -0.1) is 0 Å². The molecule has 1 aromatic heterocycles. The zero-order chi connectivity index (χ0) is 21.1. The normalized spacial score (nSPS) is 10.9. The molecule has 0 atom stereocenters. The third kappa shape index (κ3) is 4.11. The van der Waals surface area contributed by atoms with E-state index in [0.29, 0.717) is 11.3 Å². The Kier molecular flexibility index (Phi) is 5.63. The van der Waals surface area contributed by atoms with Gasteiger partial charge < -0.3 is 0 Å². The van der Waals surface area contributed by atoms with Crippen LogP contribution in [0.3, 0.4) is 0 Å². The van der Waals surface area contributed by atoms with Crippen molar-refractivity contribution >= 4 is 17.4 Å². The summed E-state index contributed by atoms with van der Waals surface area (Å²) in [6.45, 7) is 2.01. The van der Waals surface area contributed by atoms with Gasteiger partial charge in [-0.05, 0) is 36.2 Å². The standard InChI is InChI=1S/C23H18FN3O2S/c1-16-5-2-3-8-21(16)26-22(18-6-4-7-20(13-18)27(28)29)14-25-23(26)30-15-17-9-11-19(24)12-10-17/h2-14H,15H2,1H3. The molecule has 1 heterocycles. The minimum atomic E-state index is -0.401. The first kappa shape index (κ1) is 19.8. The summed E-state index contributed by atoms with van der Waals surface area (Å²) in [4.78, 5) is 15.4. The molecule has 0 N–H and O–H groups in total. The Morgan fingerprint density at radius 1 is 1.07 bits per heavy atom. The van der Waals surface area contributed by atoms with Gasteiger partial charge in [-0.2, -0.15) is 0 Å². The van der Waals surface area contributed by atoms with Crippen LogP contribution in [-0.2, 0) is 5.75 Å². The van der Waals surface area contributed by atoms with Crippen molar-refractivity contribution in [2.45, 2.75) is 17.8 Å². The topological polar surface area (TPSA) is 61.0 Å². The maximum atomic E-state index is 13.2. The van der Waals surface area contributed by atoms with Gasteiger partial charge in [-0.1, -0.05) is 54.2 Å². The summed E-state index contributed by atoms with van der Waals surface area (Å²) in [5, 5.41) is 12.0. The lowest BCUT2D eigenvalue weighted by Gasteiger charge is -2.14. The molecule has 5 nitrogen and oxygen atoms in total. The van der Waals surface area contributed by atoms with Crippen LogP contribution in [0.5, 0.6) is 0 Å². The van der Waals surface area contributed by atoms with Gasteiger partial charge in [0.1, 0.15) is 5.82 Å². The second-order valence-electron chi connectivity index (χ2n) is 6.77. The average Bonchev–Trinajstić information content (AvgIpc) is 3.17. The van der Waals surface area contributed by atoms with Gasteiger partial charge in [0, 0.05) is 23.4 Å². The molecule has 4 aromatic rings. The van der Waals surface area contributed by atoms with Crippen molar-refractivity contribution in [1.29, 1.82) is 0 Å². The molecule has 150 valence electrons. The van der Waals surface area contributed by atoms with Crippen LogP contribution in [-0.4, -0.2) is 14.5 Å². The molecular formula is C23H18FN3O2S. The summed E-state index contributed by atoms with van der Waals surface area (Å²) in [6, 6.07) is 20.9. The van der Waals surface area contributed by atoms with E-state index in [9.17, 15) is 14.5 Å². The first-order chi connectivity index (χ1) is 14.5. The molecule has 30 heavy (non-hydrogen) atoms. The summed E-state index contributed by atoms with van der Waals surface area (Å²) in [5.41, 5.74) is 4.52. The molecule has 3 aromatic carbocycles. The number of rotatable bonds is 6. The fourth-order valence-electron chi connectivity index (χ4n) is 3.19. The Balaban J connectivity index is 1.77. The number of nitro benzene ring substituents is 1. The van der Waals surface area contributed by atoms with Crippen LogP contribution in [0.25, 0.3) is 16.9 Å². The minimum absolute atomic E-state index is 0.0329. The zero-order valence-corrected chi connectivity index (χ0v) is 17.0. The number of non-ortho nitro benzene ring substituents is 1. The van der Waals surface area contributed by atoms with Crippen LogP contribution >= 0.6 is 11.8 Å². The predicted octanol–water partition coefficient (Wildman–Crippen LogP) is 6.19. The summed E-state index contributed by atoms with van der Waals surface area (Å²) in [6.07, 6.45) is 1.73. The first-order valence-electron chi connectivity index (χ1n) is 9.29. The summed E-state index contributed by atoms with van der Waals surface area (Å²) in [5.74, 6) is 0.357. The zero-order valence-electron chi connectivity index (χ0n) is 16.2. The largest absolute Gasteiger partial charge is 0.287 e. The van der Waals surface area contributed by atoms with Crippen LogP contribution in [0.15, 0.2) is 84.1 Å². The highest BCUT2D eigenvalue weighted by atomic mass is 32.2. The van der Waals surface area contributed by atoms with E-state index in [2.05, 4.69) is 4.98 Å². The monoisotopic (exact) mass is 419 g/mol. The SMILES string of the molecule is Cc1ccccc1-n1c(-c2cccc([N+](=O)[O-])c2)cnc1SCc1ccc(F)cc1. The van der Waals surface area contributed by atoms with E-state index in [1.165, 1.54) is 30.0 Å². The summed E-state index contributed by atoms with van der Waals surface area (Å²) >= 11 is 1.53. The first-order valence-corrected chi connectivity index (χ1v) is 10.3. The van der Waals surface area contributed by atoms with Crippen LogP contribution in [0.4, 0.5) is 10.1 Å². The van der Waals surface area contributed by atoms with E-state index in [1.54, 1.807) is 30.5 Å². The lowest BCUT2D eigenvalue weighted by atomic mass is 10.1. The smallest absolute Gasteiger partial charge is 0.270 e. The minimum Gasteiger partial charge on any atom is -0.287 e. The molecule has 7 heteroatoms. The van der Waals surface area contributed by atoms with Crippen molar-refractivity contribution in [3.05, 3.63) is 106 Å². The molecule has 0 unspecified atom stereocenters. The number of para-hydroxylation sites is 1. The van der Waals surface area contributed by atoms with Crippen LogP contribution < -0.4 is 0 Å². The molecule has 4 rings (SSSR count). The Hall–Kier alpha value is -3.45. The van der Waals surface area contributed by atoms with Crippen molar-refractivity contribution in [2.75, 3.05) is 0 Å². The number of thioether (sulfide) groups is 1. The fraction of sp³-hybridized carbons (Fsp3) is 0.0870. The van der Waals surface area contributed by atoms with Gasteiger partial charge in [-0.25, -0.2) is 9.37 Å². The van der Waals surface area contributed by atoms with Gasteiger partial charge in [0.2, 0.25) is 0 Å². The number of nitrogens with zero attached hydrogens (tertiary/aromatic N) is 3. The number of halogens is 1. The van der Waals surface area contributed by atoms with Gasteiger partial charge >= 0.3 is 0 Å². The Labute approximate surface area is 177 Å². The van der Waals surface area contributed by atoms with Gasteiger partial charge in [0.25, 0.3) is 5.69 Å². The molecule has 0 fully saturated rings. The third-order valence-corrected chi connectivity index (χ3v) is 5.74. The predicted molar refractivity (Wildman–Crippen MR) is 116 cm³/mol. The molecule has 0 saturated carbocycles. The number of benzene rings is 3. The molecule has 0 radical (unpaired) electrons. The second-order valence-corrected chi connectivity index (χ2v) is 7.71. The van der Waals surface area contributed by atoms with Gasteiger partial charge in [-0.3, -0.25) is 14.7 Å². The van der Waals surface area contributed by atoms with Gasteiger partial charge in [0.05, 0.1) is 22.5 Å². The molecular weight excluding hydrogens is 401 g/mol. The average molecular weight is 419 g/mol. The van der Waals surface area contributed by atoms with E-state index in [-0.39, 0.29) is 11.5 Å². The Bertz CT molecular complexity index is 1210. The van der Waals surface area contributed by atoms with Gasteiger partial charge in [0.15, 0.2) is 5.16 Å². The Morgan fingerprint density at radius 3 is 2.57 bits per heavy atom. The maximum absolute atomic E-state index is 13.2. The van der Waals surface area contributed by atoms with Crippen LogP contribution in [0.1, 0.15) is 11.1 Å². The highest BCUT2D eigenvalue weighted by Gasteiger charge is 2.17. The molecule has 0 aliphatic heterocycles. The van der Waals surface area contributed by atoms with Crippen LogP contribution in [0.2, 0.25) is 0 Å². The number of aryl methyl sites for hydroxylation is 1. The molecule has 0 aliphatic carbocycles. The summed E-state index contributed by atoms with van der Waals surface area (Å²) < 4.78 is 15.2. The van der Waals surface area contributed by atoms with E-state index in [0.717, 1.165) is 27.7 Å². The van der Waals surface area contributed by atoms with Crippen molar-refractivity contribution in [1.82, 2.24) is 9.55 Å². The van der Waals surface area contributed by atoms with Crippen molar-refractivity contribution in [3.8, 4) is 16.9 Å². The third-order valence-electron chi connectivity index (χ3n) is 4.72. The number of hydrogen-bond donors (Lipinski definition) is 0.